The summed E-state index contributed by atoms with van der Waals surface area (Å²) in [5.41, 5.74) is 0.827. The molecule has 25 heavy (non-hydrogen) atoms. The number of aromatic hydroxyl groups is 1. The van der Waals surface area contributed by atoms with Crippen molar-refractivity contribution in [2.24, 2.45) is 7.05 Å². The van der Waals surface area contributed by atoms with Crippen molar-refractivity contribution in [2.45, 2.75) is 55.0 Å². The van der Waals surface area contributed by atoms with E-state index < -0.39 is 0 Å². The quantitative estimate of drug-likeness (QED) is 0.831. The summed E-state index contributed by atoms with van der Waals surface area (Å²) in [6.07, 6.45) is 9.03. The van der Waals surface area contributed by atoms with E-state index in [1.54, 1.807) is 12.1 Å². The fourth-order valence-corrected chi connectivity index (χ4v) is 4.36. The van der Waals surface area contributed by atoms with E-state index in [0.717, 1.165) is 36.4 Å². The third-order valence-electron chi connectivity index (χ3n) is 4.70. The van der Waals surface area contributed by atoms with Gasteiger partial charge in [-0.15, -0.1) is 0 Å². The minimum atomic E-state index is 0.0726. The Morgan fingerprint density at radius 2 is 2.08 bits per heavy atom. The molecule has 6 heteroatoms. The number of carbonyl (C=O) groups excluding carboxylic acids is 1. The highest BCUT2D eigenvalue weighted by atomic mass is 32.2. The minimum Gasteiger partial charge on any atom is -0.508 e. The maximum atomic E-state index is 12.2. The number of nitrogens with one attached hydrogen (secondary N) is 1. The second kappa shape index (κ2) is 8.43. The first kappa shape index (κ1) is 17.9. The van der Waals surface area contributed by atoms with Gasteiger partial charge in [-0.3, -0.25) is 4.79 Å². The van der Waals surface area contributed by atoms with Crippen LogP contribution < -0.4 is 5.32 Å². The van der Waals surface area contributed by atoms with Crippen LogP contribution in [0.2, 0.25) is 0 Å². The maximum Gasteiger partial charge on any atom is 0.220 e. The van der Waals surface area contributed by atoms with Crippen LogP contribution in [0.1, 0.15) is 37.7 Å². The fraction of sp³-hybridized carbons (Fsp3) is 0.474. The molecular weight excluding hydrogens is 334 g/mol. The molecule has 1 heterocycles. The molecule has 134 valence electrons. The highest BCUT2D eigenvalue weighted by molar-refractivity contribution is 7.99. The van der Waals surface area contributed by atoms with Crippen LogP contribution in [-0.4, -0.2) is 31.9 Å². The third-order valence-corrected chi connectivity index (χ3v) is 6.11. The molecule has 0 saturated heterocycles. The number of amides is 1. The second-order valence-corrected chi connectivity index (χ2v) is 7.88. The van der Waals surface area contributed by atoms with Crippen molar-refractivity contribution >= 4 is 17.7 Å². The molecule has 2 N–H and O–H groups in total. The number of carbonyl (C=O) groups is 1. The Morgan fingerprint density at radius 3 is 2.76 bits per heavy atom. The standard InChI is InChI=1S/C19H25N3O2S/c1-22-13-12-20-19(22)25-16-9-7-15(8-10-16)21-18(24)11-6-14-4-2-3-5-17(14)23/h2-5,12-13,15-16,23H,6-11H2,1H3,(H,21,24). The van der Waals surface area contributed by atoms with Crippen molar-refractivity contribution in [1.82, 2.24) is 14.9 Å². The van der Waals surface area contributed by atoms with Gasteiger partial charge in [-0.05, 0) is 43.7 Å². The van der Waals surface area contributed by atoms with Gasteiger partial charge in [-0.2, -0.15) is 0 Å². The number of aromatic nitrogens is 2. The number of phenolic OH excluding ortho intramolecular Hbond substituents is 1. The van der Waals surface area contributed by atoms with E-state index in [2.05, 4.69) is 14.9 Å². The number of nitrogens with zero attached hydrogens (tertiary/aromatic N) is 2. The number of aryl methyl sites for hydroxylation is 2. The van der Waals surface area contributed by atoms with Crippen LogP contribution in [0.4, 0.5) is 0 Å². The number of thioether (sulfide) groups is 1. The Bertz CT molecular complexity index is 708. The van der Waals surface area contributed by atoms with Crippen LogP contribution >= 0.6 is 11.8 Å². The summed E-state index contributed by atoms with van der Waals surface area (Å²) < 4.78 is 2.05. The Hall–Kier alpha value is -1.95. The summed E-state index contributed by atoms with van der Waals surface area (Å²) >= 11 is 1.84. The van der Waals surface area contributed by atoms with Gasteiger partial charge in [0.1, 0.15) is 5.75 Å². The van der Waals surface area contributed by atoms with Crippen molar-refractivity contribution in [1.29, 1.82) is 0 Å². The predicted molar refractivity (Wildman–Crippen MR) is 99.7 cm³/mol. The third kappa shape index (κ3) is 5.01. The number of benzene rings is 1. The number of phenols is 1. The molecule has 1 aliphatic rings. The predicted octanol–water partition coefficient (Wildman–Crippen LogP) is 3.28. The lowest BCUT2D eigenvalue weighted by molar-refractivity contribution is -0.121. The molecule has 2 aromatic rings. The molecule has 1 aromatic heterocycles. The molecule has 0 aliphatic heterocycles. The van der Waals surface area contributed by atoms with Crippen LogP contribution in [0.25, 0.3) is 0 Å². The van der Waals surface area contributed by atoms with Gasteiger partial charge in [-0.25, -0.2) is 4.98 Å². The lowest BCUT2D eigenvalue weighted by Crippen LogP contribution is -2.38. The molecule has 0 atom stereocenters. The van der Waals surface area contributed by atoms with Crippen molar-refractivity contribution in [3.8, 4) is 5.75 Å². The fourth-order valence-electron chi connectivity index (χ4n) is 3.21. The topological polar surface area (TPSA) is 67.2 Å². The molecule has 0 spiro atoms. The number of hydrogen-bond acceptors (Lipinski definition) is 4. The monoisotopic (exact) mass is 359 g/mol. The molecule has 0 unspecified atom stereocenters. The second-order valence-electron chi connectivity index (χ2n) is 6.61. The average molecular weight is 359 g/mol. The van der Waals surface area contributed by atoms with Crippen molar-refractivity contribution in [3.63, 3.8) is 0 Å². The molecule has 0 bridgehead atoms. The first-order valence-corrected chi connectivity index (χ1v) is 9.70. The van der Waals surface area contributed by atoms with Gasteiger partial charge in [0.15, 0.2) is 5.16 Å². The minimum absolute atomic E-state index is 0.0726. The van der Waals surface area contributed by atoms with Crippen LogP contribution in [0.3, 0.4) is 0 Å². The zero-order chi connectivity index (χ0) is 17.6. The Balaban J connectivity index is 1.39. The number of hydrogen-bond donors (Lipinski definition) is 2. The molecule has 0 radical (unpaired) electrons. The lowest BCUT2D eigenvalue weighted by atomic mass is 9.95. The van der Waals surface area contributed by atoms with E-state index in [0.29, 0.717) is 18.1 Å². The largest absolute Gasteiger partial charge is 0.508 e. The van der Waals surface area contributed by atoms with Gasteiger partial charge in [0.05, 0.1) is 0 Å². The molecule has 1 aromatic carbocycles. The van der Waals surface area contributed by atoms with Crippen LogP contribution in [-0.2, 0) is 18.3 Å². The summed E-state index contributed by atoms with van der Waals surface area (Å²) in [4.78, 5) is 16.5. The maximum absolute atomic E-state index is 12.2. The molecule has 1 aliphatic carbocycles. The first-order chi connectivity index (χ1) is 12.1. The first-order valence-electron chi connectivity index (χ1n) is 8.82. The zero-order valence-electron chi connectivity index (χ0n) is 14.5. The normalized spacial score (nSPS) is 20.4. The summed E-state index contributed by atoms with van der Waals surface area (Å²) in [6, 6.07) is 7.47. The van der Waals surface area contributed by atoms with Crippen molar-refractivity contribution < 1.29 is 9.90 Å². The summed E-state index contributed by atoms with van der Waals surface area (Å²) in [6.45, 7) is 0. The van der Waals surface area contributed by atoms with E-state index in [9.17, 15) is 9.90 Å². The molecule has 3 rings (SSSR count). The van der Waals surface area contributed by atoms with Gasteiger partial charge in [0.2, 0.25) is 5.91 Å². The summed E-state index contributed by atoms with van der Waals surface area (Å²) in [7, 11) is 2.02. The van der Waals surface area contributed by atoms with E-state index in [1.165, 1.54) is 0 Å². The highest BCUT2D eigenvalue weighted by Crippen LogP contribution is 2.32. The van der Waals surface area contributed by atoms with Crippen molar-refractivity contribution in [3.05, 3.63) is 42.2 Å². The van der Waals surface area contributed by atoms with Crippen molar-refractivity contribution in [2.75, 3.05) is 0 Å². The zero-order valence-corrected chi connectivity index (χ0v) is 15.3. The van der Waals surface area contributed by atoms with Crippen LogP contribution in [0.5, 0.6) is 5.75 Å². The van der Waals surface area contributed by atoms with Crippen LogP contribution in [0.15, 0.2) is 41.8 Å². The van der Waals surface area contributed by atoms with E-state index >= 15 is 0 Å². The molecule has 5 nitrogen and oxygen atoms in total. The molecular formula is C19H25N3O2S. The number of rotatable bonds is 6. The Kier molecular flexibility index (Phi) is 6.02. The lowest BCUT2D eigenvalue weighted by Gasteiger charge is -2.28. The Morgan fingerprint density at radius 1 is 1.32 bits per heavy atom. The van der Waals surface area contributed by atoms with E-state index in [4.69, 9.17) is 0 Å². The van der Waals surface area contributed by atoms with Gasteiger partial charge < -0.3 is 15.0 Å². The highest BCUT2D eigenvalue weighted by Gasteiger charge is 2.24. The average Bonchev–Trinajstić information content (AvgIpc) is 3.01. The summed E-state index contributed by atoms with van der Waals surface area (Å²) in [5, 5.41) is 14.6. The number of imidazole rings is 1. The number of para-hydroxylation sites is 1. The van der Waals surface area contributed by atoms with Gasteiger partial charge in [0.25, 0.3) is 0 Å². The van der Waals surface area contributed by atoms with Gasteiger partial charge in [0, 0.05) is 37.2 Å². The van der Waals surface area contributed by atoms with Crippen LogP contribution in [0, 0.1) is 0 Å². The molecule has 1 amide bonds. The summed E-state index contributed by atoms with van der Waals surface area (Å²) in [5.74, 6) is 0.338. The smallest absolute Gasteiger partial charge is 0.220 e. The van der Waals surface area contributed by atoms with E-state index in [-0.39, 0.29) is 17.7 Å². The van der Waals surface area contributed by atoms with Gasteiger partial charge in [-0.1, -0.05) is 30.0 Å². The van der Waals surface area contributed by atoms with E-state index in [1.807, 2.05) is 43.3 Å². The molecule has 1 fully saturated rings. The SMILES string of the molecule is Cn1ccnc1SC1CCC(NC(=O)CCc2ccccc2O)CC1. The molecule has 1 saturated carbocycles. The Labute approximate surface area is 152 Å². The van der Waals surface area contributed by atoms with Gasteiger partial charge >= 0.3 is 0 Å².